The largest absolute Gasteiger partial charge is 0.497 e. The van der Waals surface area contributed by atoms with Crippen LogP contribution in [0.3, 0.4) is 0 Å². The molecule has 0 bridgehead atoms. The number of cyclic esters (lactones) is 1. The van der Waals surface area contributed by atoms with Gasteiger partial charge in [0.1, 0.15) is 11.5 Å². The lowest BCUT2D eigenvalue weighted by Gasteiger charge is -2.06. The molecule has 1 aliphatic heterocycles. The SMILES string of the molecule is COc1ccc(C[C@H]2C=C(c3ccccc3)OC2=O)cc1. The normalized spacial score (nSPS) is 17.3. The Hall–Kier alpha value is -2.55. The van der Waals surface area contributed by atoms with Gasteiger partial charge in [0.25, 0.3) is 0 Å². The molecule has 0 saturated heterocycles. The summed E-state index contributed by atoms with van der Waals surface area (Å²) in [5.74, 6) is 1.05. The predicted molar refractivity (Wildman–Crippen MR) is 80.7 cm³/mol. The lowest BCUT2D eigenvalue weighted by Crippen LogP contribution is -2.11. The number of hydrogen-bond acceptors (Lipinski definition) is 3. The lowest BCUT2D eigenvalue weighted by atomic mass is 9.99. The zero-order valence-electron chi connectivity index (χ0n) is 11.8. The van der Waals surface area contributed by atoms with Gasteiger partial charge in [-0.1, -0.05) is 42.5 Å². The molecule has 1 atom stereocenters. The highest BCUT2D eigenvalue weighted by Gasteiger charge is 2.27. The van der Waals surface area contributed by atoms with Crippen LogP contribution in [-0.4, -0.2) is 13.1 Å². The topological polar surface area (TPSA) is 35.5 Å². The molecule has 0 saturated carbocycles. The van der Waals surface area contributed by atoms with E-state index < -0.39 is 0 Å². The summed E-state index contributed by atoms with van der Waals surface area (Å²) in [6.45, 7) is 0. The Morgan fingerprint density at radius 2 is 1.76 bits per heavy atom. The molecule has 2 aromatic rings. The van der Waals surface area contributed by atoms with Crippen molar-refractivity contribution in [2.24, 2.45) is 5.92 Å². The molecule has 0 radical (unpaired) electrons. The molecule has 0 fully saturated rings. The Morgan fingerprint density at radius 3 is 2.43 bits per heavy atom. The van der Waals surface area contributed by atoms with Crippen LogP contribution in [0, 0.1) is 5.92 Å². The van der Waals surface area contributed by atoms with Crippen LogP contribution in [-0.2, 0) is 16.0 Å². The molecule has 106 valence electrons. The zero-order valence-corrected chi connectivity index (χ0v) is 11.8. The van der Waals surface area contributed by atoms with Crippen LogP contribution in [0.15, 0.2) is 60.7 Å². The second-order valence-corrected chi connectivity index (χ2v) is 4.98. The third kappa shape index (κ3) is 2.97. The maximum absolute atomic E-state index is 12.0. The first-order valence-corrected chi connectivity index (χ1v) is 6.88. The van der Waals surface area contributed by atoms with E-state index in [0.717, 1.165) is 16.9 Å². The molecule has 3 nitrogen and oxygen atoms in total. The first kappa shape index (κ1) is 13.4. The average Bonchev–Trinajstić information content (AvgIpc) is 2.90. The molecule has 0 aromatic heterocycles. The van der Waals surface area contributed by atoms with Gasteiger partial charge >= 0.3 is 5.97 Å². The molecular formula is C18H16O3. The van der Waals surface area contributed by atoms with Crippen molar-refractivity contribution in [3.8, 4) is 5.75 Å². The molecule has 0 spiro atoms. The highest BCUT2D eigenvalue weighted by atomic mass is 16.5. The molecule has 2 aromatic carbocycles. The first-order chi connectivity index (χ1) is 10.3. The first-order valence-electron chi connectivity index (χ1n) is 6.88. The number of hydrogen-bond donors (Lipinski definition) is 0. The van der Waals surface area contributed by atoms with Crippen molar-refractivity contribution < 1.29 is 14.3 Å². The molecule has 0 N–H and O–H groups in total. The minimum atomic E-state index is -0.228. The maximum atomic E-state index is 12.0. The fourth-order valence-corrected chi connectivity index (χ4v) is 2.38. The summed E-state index contributed by atoms with van der Waals surface area (Å²) in [4.78, 5) is 12.0. The smallest absolute Gasteiger partial charge is 0.318 e. The van der Waals surface area contributed by atoms with E-state index in [0.29, 0.717) is 12.2 Å². The minimum absolute atomic E-state index is 0.190. The molecular weight excluding hydrogens is 264 g/mol. The van der Waals surface area contributed by atoms with Crippen LogP contribution in [0.1, 0.15) is 11.1 Å². The average molecular weight is 280 g/mol. The summed E-state index contributed by atoms with van der Waals surface area (Å²) in [5, 5.41) is 0. The monoisotopic (exact) mass is 280 g/mol. The van der Waals surface area contributed by atoms with Crippen molar-refractivity contribution in [2.45, 2.75) is 6.42 Å². The third-order valence-electron chi connectivity index (χ3n) is 3.54. The minimum Gasteiger partial charge on any atom is -0.497 e. The number of ether oxygens (including phenoxy) is 2. The van der Waals surface area contributed by atoms with E-state index in [1.165, 1.54) is 0 Å². The second kappa shape index (κ2) is 5.83. The van der Waals surface area contributed by atoms with E-state index in [4.69, 9.17) is 9.47 Å². The zero-order chi connectivity index (χ0) is 14.7. The van der Waals surface area contributed by atoms with Crippen LogP contribution in [0.2, 0.25) is 0 Å². The lowest BCUT2D eigenvalue weighted by molar-refractivity contribution is -0.137. The van der Waals surface area contributed by atoms with Gasteiger partial charge in [-0.25, -0.2) is 0 Å². The summed E-state index contributed by atoms with van der Waals surface area (Å²) < 4.78 is 10.5. The van der Waals surface area contributed by atoms with E-state index >= 15 is 0 Å². The summed E-state index contributed by atoms with van der Waals surface area (Å²) in [5.41, 5.74) is 2.02. The number of carbonyl (C=O) groups excluding carboxylic acids is 1. The summed E-state index contributed by atoms with van der Waals surface area (Å²) in [6, 6.07) is 17.4. The van der Waals surface area contributed by atoms with Gasteiger partial charge in [0.2, 0.25) is 0 Å². The standard InChI is InChI=1S/C18H16O3/c1-20-16-9-7-13(8-10-16)11-15-12-17(21-18(15)19)14-5-3-2-4-6-14/h2-10,12,15H,11H2,1H3/t15-/m0/s1. The van der Waals surface area contributed by atoms with Gasteiger partial charge in [-0.2, -0.15) is 0 Å². The van der Waals surface area contributed by atoms with Crippen LogP contribution in [0.5, 0.6) is 5.75 Å². The highest BCUT2D eigenvalue weighted by molar-refractivity contribution is 5.88. The van der Waals surface area contributed by atoms with Crippen molar-refractivity contribution in [3.05, 3.63) is 71.8 Å². The fourth-order valence-electron chi connectivity index (χ4n) is 2.38. The maximum Gasteiger partial charge on any atom is 0.318 e. The molecule has 0 aliphatic carbocycles. The molecule has 0 unspecified atom stereocenters. The summed E-state index contributed by atoms with van der Waals surface area (Å²) >= 11 is 0. The van der Waals surface area contributed by atoms with E-state index in [1.54, 1.807) is 7.11 Å². The van der Waals surface area contributed by atoms with Crippen LogP contribution in [0.25, 0.3) is 5.76 Å². The van der Waals surface area contributed by atoms with Crippen LogP contribution >= 0.6 is 0 Å². The van der Waals surface area contributed by atoms with Crippen LogP contribution < -0.4 is 4.74 Å². The Bertz CT molecular complexity index is 657. The molecule has 21 heavy (non-hydrogen) atoms. The summed E-state index contributed by atoms with van der Waals surface area (Å²) in [6.07, 6.45) is 2.54. The van der Waals surface area contributed by atoms with Gasteiger partial charge < -0.3 is 9.47 Å². The van der Waals surface area contributed by atoms with Gasteiger partial charge in [0.15, 0.2) is 0 Å². The number of benzene rings is 2. The second-order valence-electron chi connectivity index (χ2n) is 4.98. The molecule has 3 heteroatoms. The van der Waals surface area contributed by atoms with Gasteiger partial charge in [-0.3, -0.25) is 4.79 Å². The van der Waals surface area contributed by atoms with Gasteiger partial charge in [0.05, 0.1) is 13.0 Å². The number of carbonyl (C=O) groups is 1. The molecule has 0 amide bonds. The molecule has 3 rings (SSSR count). The van der Waals surface area contributed by atoms with Crippen molar-refractivity contribution in [1.82, 2.24) is 0 Å². The Labute approximate surface area is 123 Å². The van der Waals surface area contributed by atoms with E-state index in [2.05, 4.69) is 0 Å². The highest BCUT2D eigenvalue weighted by Crippen LogP contribution is 2.28. The van der Waals surface area contributed by atoms with Gasteiger partial charge in [-0.05, 0) is 30.2 Å². The third-order valence-corrected chi connectivity index (χ3v) is 3.54. The van der Waals surface area contributed by atoms with E-state index in [1.807, 2.05) is 60.7 Å². The van der Waals surface area contributed by atoms with Gasteiger partial charge in [-0.15, -0.1) is 0 Å². The number of rotatable bonds is 4. The predicted octanol–water partition coefficient (Wildman–Crippen LogP) is 3.45. The summed E-state index contributed by atoms with van der Waals surface area (Å²) in [7, 11) is 1.64. The van der Waals surface area contributed by atoms with Crippen LogP contribution in [0.4, 0.5) is 0 Å². The van der Waals surface area contributed by atoms with Gasteiger partial charge in [0, 0.05) is 5.56 Å². The van der Waals surface area contributed by atoms with Crippen molar-refractivity contribution in [2.75, 3.05) is 7.11 Å². The molecule has 1 aliphatic rings. The van der Waals surface area contributed by atoms with E-state index in [-0.39, 0.29) is 11.9 Å². The van der Waals surface area contributed by atoms with Crippen molar-refractivity contribution in [3.63, 3.8) is 0 Å². The van der Waals surface area contributed by atoms with Crippen molar-refractivity contribution >= 4 is 11.7 Å². The Kier molecular flexibility index (Phi) is 3.73. The van der Waals surface area contributed by atoms with Crippen molar-refractivity contribution in [1.29, 1.82) is 0 Å². The van der Waals surface area contributed by atoms with E-state index in [9.17, 15) is 4.79 Å². The Balaban J connectivity index is 1.76. The fraction of sp³-hybridized carbons (Fsp3) is 0.167. The number of esters is 1. The quantitative estimate of drug-likeness (QED) is 0.805. The Morgan fingerprint density at radius 1 is 1.05 bits per heavy atom. The number of methoxy groups -OCH3 is 1. The molecule has 1 heterocycles.